The maximum atomic E-state index is 12.5. The third-order valence-corrected chi connectivity index (χ3v) is 3.94. The molecule has 1 N–H and O–H groups in total. The van der Waals surface area contributed by atoms with Gasteiger partial charge < -0.3 is 10.2 Å². The zero-order valence-corrected chi connectivity index (χ0v) is 14.3. The Morgan fingerprint density at radius 3 is 2.48 bits per heavy atom. The van der Waals surface area contributed by atoms with E-state index in [4.69, 9.17) is 0 Å². The Hall–Kier alpha value is -3.21. The third-order valence-electron chi connectivity index (χ3n) is 3.94. The van der Waals surface area contributed by atoms with Crippen molar-refractivity contribution in [1.82, 2.24) is 9.97 Å². The van der Waals surface area contributed by atoms with Gasteiger partial charge in [0.25, 0.3) is 5.91 Å². The molecule has 0 radical (unpaired) electrons. The Bertz CT molecular complexity index is 864. The number of carbonyl (C=O) groups excluding carboxylic acids is 1. The Kier molecular flexibility index (Phi) is 5.04. The quantitative estimate of drug-likeness (QED) is 0.761. The highest BCUT2D eigenvalue weighted by molar-refractivity contribution is 6.03. The van der Waals surface area contributed by atoms with E-state index in [1.807, 2.05) is 73.3 Å². The lowest BCUT2D eigenvalue weighted by Crippen LogP contribution is -2.20. The summed E-state index contributed by atoms with van der Waals surface area (Å²) in [5, 5.41) is 2.90. The van der Waals surface area contributed by atoms with Gasteiger partial charge in [-0.25, -0.2) is 9.97 Å². The first-order valence-corrected chi connectivity index (χ1v) is 8.20. The number of anilines is 3. The molecule has 0 aliphatic heterocycles. The van der Waals surface area contributed by atoms with E-state index in [-0.39, 0.29) is 5.91 Å². The highest BCUT2D eigenvalue weighted by Gasteiger charge is 2.14. The number of para-hydroxylation sites is 2. The molecule has 2 aromatic carbocycles. The maximum Gasteiger partial charge on any atom is 0.274 e. The number of nitrogens with one attached hydrogen (secondary N) is 1. The van der Waals surface area contributed by atoms with Crippen molar-refractivity contribution in [3.8, 4) is 0 Å². The van der Waals surface area contributed by atoms with Crippen LogP contribution < -0.4 is 10.2 Å². The Morgan fingerprint density at radius 1 is 1.04 bits per heavy atom. The minimum Gasteiger partial charge on any atom is -0.327 e. The zero-order valence-electron chi connectivity index (χ0n) is 14.3. The number of amides is 1. The number of nitrogens with zero attached hydrogens (tertiary/aromatic N) is 3. The number of hydrogen-bond acceptors (Lipinski definition) is 4. The van der Waals surface area contributed by atoms with Crippen molar-refractivity contribution in [1.29, 1.82) is 0 Å². The minimum absolute atomic E-state index is 0.248. The molecule has 0 aliphatic carbocycles. The van der Waals surface area contributed by atoms with E-state index < -0.39 is 0 Å². The van der Waals surface area contributed by atoms with Crippen molar-refractivity contribution in [2.75, 3.05) is 16.8 Å². The van der Waals surface area contributed by atoms with Gasteiger partial charge in [-0.2, -0.15) is 0 Å². The predicted octanol–water partition coefficient (Wildman–Crippen LogP) is 4.20. The molecule has 0 atom stereocenters. The molecule has 0 fully saturated rings. The number of aryl methyl sites for hydroxylation is 1. The molecule has 0 aliphatic rings. The number of benzene rings is 2. The zero-order chi connectivity index (χ0) is 17.6. The minimum atomic E-state index is -0.248. The molecule has 5 heteroatoms. The van der Waals surface area contributed by atoms with Crippen LogP contribution in [0.1, 0.15) is 23.0 Å². The highest BCUT2D eigenvalue weighted by Crippen LogP contribution is 2.23. The Balaban J connectivity index is 1.86. The lowest BCUT2D eigenvalue weighted by Gasteiger charge is -2.22. The third kappa shape index (κ3) is 3.83. The first kappa shape index (κ1) is 16.6. The van der Waals surface area contributed by atoms with Gasteiger partial charge in [0, 0.05) is 24.0 Å². The van der Waals surface area contributed by atoms with Crippen LogP contribution in [0.3, 0.4) is 0 Å². The lowest BCUT2D eigenvalue weighted by atomic mass is 10.2. The molecular formula is C20H20N4O. The van der Waals surface area contributed by atoms with Crippen LogP contribution in [0.2, 0.25) is 0 Å². The molecule has 0 bridgehead atoms. The fourth-order valence-electron chi connectivity index (χ4n) is 2.60. The average Bonchev–Trinajstić information content (AvgIpc) is 2.65. The van der Waals surface area contributed by atoms with Gasteiger partial charge in [0.15, 0.2) is 0 Å². The van der Waals surface area contributed by atoms with Gasteiger partial charge in [0.2, 0.25) is 0 Å². The smallest absolute Gasteiger partial charge is 0.274 e. The van der Waals surface area contributed by atoms with Crippen LogP contribution in [0.25, 0.3) is 0 Å². The van der Waals surface area contributed by atoms with E-state index in [0.29, 0.717) is 11.5 Å². The van der Waals surface area contributed by atoms with Gasteiger partial charge in [-0.3, -0.25) is 4.79 Å². The predicted molar refractivity (Wildman–Crippen MR) is 100 cm³/mol. The molecule has 1 aromatic heterocycles. The van der Waals surface area contributed by atoms with Crippen molar-refractivity contribution in [2.24, 2.45) is 0 Å². The van der Waals surface area contributed by atoms with Gasteiger partial charge >= 0.3 is 0 Å². The summed E-state index contributed by atoms with van der Waals surface area (Å²) in [5.74, 6) is 0.445. The summed E-state index contributed by atoms with van der Waals surface area (Å²) in [4.78, 5) is 23.0. The molecule has 25 heavy (non-hydrogen) atoms. The van der Waals surface area contributed by atoms with E-state index in [0.717, 1.165) is 23.5 Å². The summed E-state index contributed by atoms with van der Waals surface area (Å²) in [5.41, 5.74) is 3.14. The van der Waals surface area contributed by atoms with E-state index >= 15 is 0 Å². The molecule has 0 saturated carbocycles. The number of rotatable bonds is 5. The van der Waals surface area contributed by atoms with Crippen molar-refractivity contribution in [2.45, 2.75) is 13.8 Å². The lowest BCUT2D eigenvalue weighted by molar-refractivity contribution is 0.102. The van der Waals surface area contributed by atoms with Gasteiger partial charge in [0.1, 0.15) is 17.8 Å². The topological polar surface area (TPSA) is 58.1 Å². The fourth-order valence-corrected chi connectivity index (χ4v) is 2.60. The summed E-state index contributed by atoms with van der Waals surface area (Å²) in [6.07, 6.45) is 1.42. The highest BCUT2D eigenvalue weighted by atomic mass is 16.1. The van der Waals surface area contributed by atoms with Crippen molar-refractivity contribution in [3.05, 3.63) is 78.2 Å². The monoisotopic (exact) mass is 332 g/mol. The second kappa shape index (κ2) is 7.57. The molecule has 1 heterocycles. The summed E-state index contributed by atoms with van der Waals surface area (Å²) >= 11 is 0. The molecule has 1 amide bonds. The summed E-state index contributed by atoms with van der Waals surface area (Å²) < 4.78 is 0. The van der Waals surface area contributed by atoms with E-state index in [2.05, 4.69) is 15.3 Å². The van der Waals surface area contributed by atoms with Gasteiger partial charge in [-0.05, 0) is 37.6 Å². The molecule has 5 nitrogen and oxygen atoms in total. The van der Waals surface area contributed by atoms with Crippen molar-refractivity contribution in [3.63, 3.8) is 0 Å². The fraction of sp³-hybridized carbons (Fsp3) is 0.150. The summed E-state index contributed by atoms with van der Waals surface area (Å²) in [6, 6.07) is 19.3. The molecule has 126 valence electrons. The van der Waals surface area contributed by atoms with E-state index in [1.54, 1.807) is 6.07 Å². The van der Waals surface area contributed by atoms with Crippen LogP contribution in [0.4, 0.5) is 17.2 Å². The van der Waals surface area contributed by atoms with Crippen LogP contribution in [0, 0.1) is 6.92 Å². The maximum absolute atomic E-state index is 12.5. The number of aromatic nitrogens is 2. The van der Waals surface area contributed by atoms with Crippen LogP contribution >= 0.6 is 0 Å². The second-order valence-electron chi connectivity index (χ2n) is 5.61. The number of carbonyl (C=O) groups is 1. The van der Waals surface area contributed by atoms with Crippen LogP contribution in [0.5, 0.6) is 0 Å². The van der Waals surface area contributed by atoms with E-state index in [1.165, 1.54) is 6.33 Å². The largest absolute Gasteiger partial charge is 0.327 e. The number of hydrogen-bond donors (Lipinski definition) is 1. The molecular weight excluding hydrogens is 312 g/mol. The van der Waals surface area contributed by atoms with Crippen LogP contribution in [0.15, 0.2) is 67.0 Å². The molecule has 3 rings (SSSR count). The Labute approximate surface area is 147 Å². The normalized spacial score (nSPS) is 10.3. The average molecular weight is 332 g/mol. The van der Waals surface area contributed by atoms with Crippen LogP contribution in [-0.2, 0) is 0 Å². The van der Waals surface area contributed by atoms with Gasteiger partial charge in [-0.1, -0.05) is 36.4 Å². The van der Waals surface area contributed by atoms with E-state index in [9.17, 15) is 4.79 Å². The summed E-state index contributed by atoms with van der Waals surface area (Å²) in [6.45, 7) is 4.73. The molecule has 0 unspecified atom stereocenters. The van der Waals surface area contributed by atoms with Gasteiger partial charge in [0.05, 0.1) is 0 Å². The standard InChI is InChI=1S/C20H20N4O/c1-3-24(16-10-5-4-6-11-16)19-13-18(21-14-22-19)20(25)23-17-12-8-7-9-15(17)2/h4-14H,3H2,1-2H3,(H,23,25). The first-order valence-electron chi connectivity index (χ1n) is 8.20. The van der Waals surface area contributed by atoms with Crippen molar-refractivity contribution < 1.29 is 4.79 Å². The molecule has 0 saturated heterocycles. The molecule has 0 spiro atoms. The first-order chi connectivity index (χ1) is 12.2. The van der Waals surface area contributed by atoms with Crippen LogP contribution in [-0.4, -0.2) is 22.4 Å². The van der Waals surface area contributed by atoms with Crippen molar-refractivity contribution >= 4 is 23.1 Å². The Morgan fingerprint density at radius 2 is 1.76 bits per heavy atom. The SMILES string of the molecule is CCN(c1ccccc1)c1cc(C(=O)Nc2ccccc2C)ncn1. The second-order valence-corrected chi connectivity index (χ2v) is 5.61. The molecule has 3 aromatic rings. The summed E-state index contributed by atoms with van der Waals surface area (Å²) in [7, 11) is 0. The van der Waals surface area contributed by atoms with Gasteiger partial charge in [-0.15, -0.1) is 0 Å².